The quantitative estimate of drug-likeness (QED) is 0.797. The van der Waals surface area contributed by atoms with Crippen molar-refractivity contribution in [1.29, 1.82) is 0 Å². The molecule has 0 radical (unpaired) electrons. The largest absolute Gasteiger partial charge is 0.369 e. The first-order valence-electron chi connectivity index (χ1n) is 7.35. The number of thiophene rings is 1. The van der Waals surface area contributed by atoms with Gasteiger partial charge in [0, 0.05) is 29.7 Å². The van der Waals surface area contributed by atoms with Gasteiger partial charge in [0.1, 0.15) is 0 Å². The maximum absolute atomic E-state index is 11.7. The number of nitrogens with one attached hydrogen (secondary N) is 1. The minimum Gasteiger partial charge on any atom is -0.369 e. The van der Waals surface area contributed by atoms with Gasteiger partial charge in [-0.3, -0.25) is 4.79 Å². The highest BCUT2D eigenvalue weighted by Gasteiger charge is 2.08. The van der Waals surface area contributed by atoms with Crippen molar-refractivity contribution in [2.75, 3.05) is 17.3 Å². The molecule has 1 amide bonds. The molecular formula is C17H21ClN2OS. The molecule has 0 aliphatic rings. The van der Waals surface area contributed by atoms with E-state index in [1.807, 2.05) is 32.0 Å². The Labute approximate surface area is 140 Å². The van der Waals surface area contributed by atoms with Crippen molar-refractivity contribution in [1.82, 2.24) is 0 Å². The molecule has 2 aromatic rings. The fourth-order valence-corrected chi connectivity index (χ4v) is 3.37. The SMILES string of the molecule is CCCC(=O)Nc1ccc(N(C)Cc2ccc(Cl)s2)cc1C. The van der Waals surface area contributed by atoms with E-state index in [1.165, 1.54) is 4.88 Å². The second kappa shape index (κ2) is 7.65. The molecule has 1 aromatic carbocycles. The smallest absolute Gasteiger partial charge is 0.224 e. The number of carbonyl (C=O) groups excluding carboxylic acids is 1. The molecule has 0 fully saturated rings. The predicted octanol–water partition coefficient (Wildman–Crippen LogP) is 5.08. The lowest BCUT2D eigenvalue weighted by Crippen LogP contribution is -2.16. The van der Waals surface area contributed by atoms with E-state index in [0.29, 0.717) is 6.42 Å². The number of halogens is 1. The van der Waals surface area contributed by atoms with Crippen LogP contribution in [0.2, 0.25) is 4.34 Å². The minimum absolute atomic E-state index is 0.0694. The van der Waals surface area contributed by atoms with Crippen LogP contribution in [-0.2, 0) is 11.3 Å². The monoisotopic (exact) mass is 336 g/mol. The topological polar surface area (TPSA) is 32.3 Å². The number of anilines is 2. The van der Waals surface area contributed by atoms with Gasteiger partial charge in [-0.15, -0.1) is 11.3 Å². The summed E-state index contributed by atoms with van der Waals surface area (Å²) >= 11 is 7.57. The second-order valence-corrected chi connectivity index (χ2v) is 7.16. The molecule has 22 heavy (non-hydrogen) atoms. The lowest BCUT2D eigenvalue weighted by atomic mass is 10.1. The van der Waals surface area contributed by atoms with E-state index in [-0.39, 0.29) is 5.91 Å². The third kappa shape index (κ3) is 4.49. The average molecular weight is 337 g/mol. The summed E-state index contributed by atoms with van der Waals surface area (Å²) < 4.78 is 0.813. The molecule has 1 heterocycles. The average Bonchev–Trinajstić information content (AvgIpc) is 2.86. The highest BCUT2D eigenvalue weighted by molar-refractivity contribution is 7.16. The third-order valence-corrected chi connectivity index (χ3v) is 4.64. The van der Waals surface area contributed by atoms with Gasteiger partial charge in [-0.1, -0.05) is 18.5 Å². The molecule has 1 N–H and O–H groups in total. The summed E-state index contributed by atoms with van der Waals surface area (Å²) in [6.07, 6.45) is 1.41. The molecule has 0 bridgehead atoms. The molecule has 5 heteroatoms. The highest BCUT2D eigenvalue weighted by atomic mass is 35.5. The third-order valence-electron chi connectivity index (χ3n) is 3.42. The van der Waals surface area contributed by atoms with Crippen molar-refractivity contribution in [2.24, 2.45) is 0 Å². The number of rotatable bonds is 6. The second-order valence-electron chi connectivity index (χ2n) is 5.36. The summed E-state index contributed by atoms with van der Waals surface area (Å²) in [6.45, 7) is 4.83. The maximum atomic E-state index is 11.7. The maximum Gasteiger partial charge on any atom is 0.224 e. The summed E-state index contributed by atoms with van der Waals surface area (Å²) in [5.74, 6) is 0.0694. The van der Waals surface area contributed by atoms with E-state index in [1.54, 1.807) is 11.3 Å². The van der Waals surface area contributed by atoms with Crippen LogP contribution in [0.25, 0.3) is 0 Å². The van der Waals surface area contributed by atoms with Gasteiger partial charge >= 0.3 is 0 Å². The lowest BCUT2D eigenvalue weighted by Gasteiger charge is -2.20. The Morgan fingerprint density at radius 3 is 2.68 bits per heavy atom. The Balaban J connectivity index is 2.06. The van der Waals surface area contributed by atoms with Crippen molar-refractivity contribution in [2.45, 2.75) is 33.2 Å². The van der Waals surface area contributed by atoms with Crippen LogP contribution in [0.4, 0.5) is 11.4 Å². The Morgan fingerprint density at radius 2 is 2.09 bits per heavy atom. The number of benzene rings is 1. The number of hydrogen-bond donors (Lipinski definition) is 1. The van der Waals surface area contributed by atoms with Gasteiger partial charge in [0.15, 0.2) is 0 Å². The van der Waals surface area contributed by atoms with Gasteiger partial charge in [-0.05, 0) is 49.2 Å². The van der Waals surface area contributed by atoms with Crippen LogP contribution in [0.1, 0.15) is 30.2 Å². The molecule has 0 aliphatic carbocycles. The number of hydrogen-bond acceptors (Lipinski definition) is 3. The van der Waals surface area contributed by atoms with Gasteiger partial charge in [-0.25, -0.2) is 0 Å². The fourth-order valence-electron chi connectivity index (χ4n) is 2.23. The van der Waals surface area contributed by atoms with E-state index in [9.17, 15) is 4.79 Å². The van der Waals surface area contributed by atoms with Crippen LogP contribution >= 0.6 is 22.9 Å². The van der Waals surface area contributed by atoms with Crippen LogP contribution in [-0.4, -0.2) is 13.0 Å². The van der Waals surface area contributed by atoms with Gasteiger partial charge in [0.25, 0.3) is 0 Å². The zero-order chi connectivity index (χ0) is 16.1. The molecule has 0 aliphatic heterocycles. The fraction of sp³-hybridized carbons (Fsp3) is 0.353. The normalized spacial score (nSPS) is 10.5. The first kappa shape index (κ1) is 16.8. The van der Waals surface area contributed by atoms with Crippen molar-refractivity contribution in [3.05, 3.63) is 45.1 Å². The summed E-state index contributed by atoms with van der Waals surface area (Å²) in [7, 11) is 2.05. The summed E-state index contributed by atoms with van der Waals surface area (Å²) in [5, 5.41) is 2.96. The molecule has 0 unspecified atom stereocenters. The molecule has 0 saturated heterocycles. The number of aryl methyl sites for hydroxylation is 1. The zero-order valence-corrected chi connectivity index (χ0v) is 14.7. The summed E-state index contributed by atoms with van der Waals surface area (Å²) in [4.78, 5) is 15.1. The molecule has 2 rings (SSSR count). The molecule has 0 saturated carbocycles. The van der Waals surface area contributed by atoms with E-state index in [4.69, 9.17) is 11.6 Å². The van der Waals surface area contributed by atoms with Crippen LogP contribution in [0.5, 0.6) is 0 Å². The van der Waals surface area contributed by atoms with Gasteiger partial charge in [0.05, 0.1) is 10.9 Å². The van der Waals surface area contributed by atoms with Gasteiger partial charge < -0.3 is 10.2 Å². The van der Waals surface area contributed by atoms with Crippen LogP contribution in [0, 0.1) is 6.92 Å². The summed E-state index contributed by atoms with van der Waals surface area (Å²) in [5.41, 5.74) is 3.07. The Kier molecular flexibility index (Phi) is 5.86. The Hall–Kier alpha value is -1.52. The van der Waals surface area contributed by atoms with Crippen molar-refractivity contribution >= 4 is 40.2 Å². The highest BCUT2D eigenvalue weighted by Crippen LogP contribution is 2.26. The number of amides is 1. The molecule has 118 valence electrons. The molecular weight excluding hydrogens is 316 g/mol. The van der Waals surface area contributed by atoms with Gasteiger partial charge in [-0.2, -0.15) is 0 Å². The first-order chi connectivity index (χ1) is 10.5. The minimum atomic E-state index is 0.0694. The Morgan fingerprint density at radius 1 is 1.32 bits per heavy atom. The molecule has 3 nitrogen and oxygen atoms in total. The van der Waals surface area contributed by atoms with E-state index < -0.39 is 0 Å². The zero-order valence-electron chi connectivity index (χ0n) is 13.1. The van der Waals surface area contributed by atoms with E-state index in [2.05, 4.69) is 29.4 Å². The Bertz CT molecular complexity index is 654. The standard InChI is InChI=1S/C17H21ClN2OS/c1-4-5-17(21)19-15-8-6-13(10-12(15)2)20(3)11-14-7-9-16(18)22-14/h6-10H,4-5,11H2,1-3H3,(H,19,21). The van der Waals surface area contributed by atoms with Crippen molar-refractivity contribution in [3.8, 4) is 0 Å². The van der Waals surface area contributed by atoms with Crippen LogP contribution in [0.15, 0.2) is 30.3 Å². The van der Waals surface area contributed by atoms with Crippen LogP contribution < -0.4 is 10.2 Å². The van der Waals surface area contributed by atoms with E-state index >= 15 is 0 Å². The van der Waals surface area contributed by atoms with Crippen molar-refractivity contribution < 1.29 is 4.79 Å². The first-order valence-corrected chi connectivity index (χ1v) is 8.55. The van der Waals surface area contributed by atoms with Gasteiger partial charge in [0.2, 0.25) is 5.91 Å². The molecule has 0 atom stereocenters. The number of carbonyl (C=O) groups is 1. The lowest BCUT2D eigenvalue weighted by molar-refractivity contribution is -0.116. The predicted molar refractivity (Wildman–Crippen MR) is 96.2 cm³/mol. The van der Waals surface area contributed by atoms with E-state index in [0.717, 1.165) is 34.2 Å². The summed E-state index contributed by atoms with van der Waals surface area (Å²) in [6, 6.07) is 10.1. The molecule has 0 spiro atoms. The molecule has 1 aromatic heterocycles. The number of nitrogens with zero attached hydrogens (tertiary/aromatic N) is 1. The van der Waals surface area contributed by atoms with Crippen LogP contribution in [0.3, 0.4) is 0 Å². The van der Waals surface area contributed by atoms with Crippen molar-refractivity contribution in [3.63, 3.8) is 0 Å².